The summed E-state index contributed by atoms with van der Waals surface area (Å²) in [5.74, 6) is -0.0793. The van der Waals surface area contributed by atoms with Crippen LogP contribution in [0.1, 0.15) is 42.2 Å². The normalized spacial score (nSPS) is 16.3. The number of amides is 1. The summed E-state index contributed by atoms with van der Waals surface area (Å²) in [6.07, 6.45) is 4.79. The number of carbonyl (C=O) groups is 1. The van der Waals surface area contributed by atoms with Crippen LogP contribution in [0.4, 0.5) is 0 Å². The third-order valence-electron chi connectivity index (χ3n) is 3.78. The van der Waals surface area contributed by atoms with Gasteiger partial charge < -0.3 is 15.0 Å². The molecule has 0 unspecified atom stereocenters. The van der Waals surface area contributed by atoms with Gasteiger partial charge in [-0.1, -0.05) is 12.8 Å². The maximum Gasteiger partial charge on any atom is 0.268 e. The van der Waals surface area contributed by atoms with Gasteiger partial charge in [0, 0.05) is 12.6 Å². The van der Waals surface area contributed by atoms with Crippen LogP contribution in [0.25, 0.3) is 10.2 Å². The summed E-state index contributed by atoms with van der Waals surface area (Å²) in [7, 11) is 0. The quantitative estimate of drug-likeness (QED) is 0.903. The van der Waals surface area contributed by atoms with Crippen molar-refractivity contribution in [1.82, 2.24) is 9.88 Å². The summed E-state index contributed by atoms with van der Waals surface area (Å²) in [6, 6.07) is 4.52. The van der Waals surface area contributed by atoms with Crippen molar-refractivity contribution >= 4 is 27.5 Å². The second-order valence-corrected chi connectivity index (χ2v) is 5.94. The van der Waals surface area contributed by atoms with Crippen molar-refractivity contribution in [3.05, 3.63) is 23.2 Å². The zero-order valence-corrected chi connectivity index (χ0v) is 11.6. The molecule has 1 amide bonds. The lowest BCUT2D eigenvalue weighted by atomic mass is 10.2. The molecule has 1 aliphatic carbocycles. The second kappa shape index (κ2) is 5.35. The summed E-state index contributed by atoms with van der Waals surface area (Å²) in [6.45, 7) is 0.284. The van der Waals surface area contributed by atoms with Crippen molar-refractivity contribution < 1.29 is 9.90 Å². The van der Waals surface area contributed by atoms with Gasteiger partial charge in [-0.25, -0.2) is 0 Å². The SMILES string of the molecule is O=C(NCCO)c1cc2sccc2n1C1CCCC1. The van der Waals surface area contributed by atoms with Gasteiger partial charge in [-0.2, -0.15) is 0 Å². The highest BCUT2D eigenvalue weighted by atomic mass is 32.1. The summed E-state index contributed by atoms with van der Waals surface area (Å²) in [5, 5.41) is 13.7. The number of nitrogens with one attached hydrogen (secondary N) is 1. The number of nitrogens with zero attached hydrogens (tertiary/aromatic N) is 1. The molecule has 2 heterocycles. The van der Waals surface area contributed by atoms with Crippen molar-refractivity contribution in [2.75, 3.05) is 13.2 Å². The molecule has 3 rings (SSSR count). The smallest absolute Gasteiger partial charge is 0.268 e. The first-order chi connectivity index (χ1) is 9.31. The maximum atomic E-state index is 12.2. The first-order valence-corrected chi connectivity index (χ1v) is 7.66. The average molecular weight is 278 g/mol. The maximum absolute atomic E-state index is 12.2. The molecule has 4 nitrogen and oxygen atoms in total. The molecule has 0 radical (unpaired) electrons. The first kappa shape index (κ1) is 12.7. The molecule has 1 fully saturated rings. The molecule has 1 aliphatic rings. The first-order valence-electron chi connectivity index (χ1n) is 6.78. The summed E-state index contributed by atoms with van der Waals surface area (Å²) in [5.41, 5.74) is 1.91. The van der Waals surface area contributed by atoms with Crippen LogP contribution in [-0.4, -0.2) is 28.7 Å². The highest BCUT2D eigenvalue weighted by Crippen LogP contribution is 2.36. The van der Waals surface area contributed by atoms with Crippen LogP contribution < -0.4 is 5.32 Å². The van der Waals surface area contributed by atoms with E-state index >= 15 is 0 Å². The van der Waals surface area contributed by atoms with Crippen LogP contribution in [0, 0.1) is 0 Å². The number of aliphatic hydroxyl groups is 1. The largest absolute Gasteiger partial charge is 0.395 e. The Morgan fingerprint density at radius 3 is 3.00 bits per heavy atom. The van der Waals surface area contributed by atoms with Gasteiger partial charge >= 0.3 is 0 Å². The number of fused-ring (bicyclic) bond motifs is 1. The predicted octanol–water partition coefficient (Wildman–Crippen LogP) is 2.54. The van der Waals surface area contributed by atoms with E-state index in [4.69, 9.17) is 5.11 Å². The number of aromatic nitrogens is 1. The topological polar surface area (TPSA) is 54.3 Å². The molecular weight excluding hydrogens is 260 g/mol. The van der Waals surface area contributed by atoms with Gasteiger partial charge in [-0.15, -0.1) is 11.3 Å². The van der Waals surface area contributed by atoms with Gasteiger partial charge in [-0.3, -0.25) is 4.79 Å². The molecule has 2 aromatic rings. The van der Waals surface area contributed by atoms with Crippen LogP contribution >= 0.6 is 11.3 Å². The summed E-state index contributed by atoms with van der Waals surface area (Å²) < 4.78 is 3.37. The highest BCUT2D eigenvalue weighted by Gasteiger charge is 2.24. The standard InChI is InChI=1S/C14H18N2O2S/c17-7-6-15-14(18)12-9-13-11(5-8-19-13)16(12)10-3-1-2-4-10/h5,8-10,17H,1-4,6-7H2,(H,15,18). The number of thiophene rings is 1. The van der Waals surface area contributed by atoms with Gasteiger partial charge in [0.1, 0.15) is 5.69 Å². The Morgan fingerprint density at radius 2 is 2.26 bits per heavy atom. The monoisotopic (exact) mass is 278 g/mol. The fourth-order valence-electron chi connectivity index (χ4n) is 2.94. The Kier molecular flexibility index (Phi) is 3.57. The number of carbonyl (C=O) groups excluding carboxylic acids is 1. The van der Waals surface area contributed by atoms with Gasteiger partial charge in [0.15, 0.2) is 0 Å². The number of rotatable bonds is 4. The molecule has 2 aromatic heterocycles. The number of hydrogen-bond donors (Lipinski definition) is 2. The van der Waals surface area contributed by atoms with Crippen LogP contribution in [0.5, 0.6) is 0 Å². The lowest BCUT2D eigenvalue weighted by Gasteiger charge is -2.16. The Morgan fingerprint density at radius 1 is 1.47 bits per heavy atom. The van der Waals surface area contributed by atoms with Crippen molar-refractivity contribution in [3.8, 4) is 0 Å². The van der Waals surface area contributed by atoms with E-state index in [9.17, 15) is 4.79 Å². The van der Waals surface area contributed by atoms with E-state index in [-0.39, 0.29) is 12.5 Å². The fraction of sp³-hybridized carbons (Fsp3) is 0.500. The van der Waals surface area contributed by atoms with Crippen molar-refractivity contribution in [3.63, 3.8) is 0 Å². The molecule has 0 saturated heterocycles. The van der Waals surface area contributed by atoms with Gasteiger partial charge in [-0.05, 0) is 30.4 Å². The Bertz CT molecular complexity index is 581. The van der Waals surface area contributed by atoms with E-state index < -0.39 is 0 Å². The predicted molar refractivity (Wildman–Crippen MR) is 76.7 cm³/mol. The van der Waals surface area contributed by atoms with Crippen molar-refractivity contribution in [2.24, 2.45) is 0 Å². The lowest BCUT2D eigenvalue weighted by molar-refractivity contribution is 0.0934. The lowest BCUT2D eigenvalue weighted by Crippen LogP contribution is -2.29. The van der Waals surface area contributed by atoms with Gasteiger partial charge in [0.2, 0.25) is 0 Å². The van der Waals surface area contributed by atoms with E-state index in [1.807, 2.05) is 6.07 Å². The highest BCUT2D eigenvalue weighted by molar-refractivity contribution is 7.17. The molecule has 0 aromatic carbocycles. The molecule has 102 valence electrons. The van der Waals surface area contributed by atoms with E-state index in [1.165, 1.54) is 23.1 Å². The van der Waals surface area contributed by atoms with Gasteiger partial charge in [0.05, 0.1) is 16.8 Å². The second-order valence-electron chi connectivity index (χ2n) is 4.99. The Labute approximate surface area is 116 Å². The van der Waals surface area contributed by atoms with Crippen molar-refractivity contribution in [1.29, 1.82) is 0 Å². The van der Waals surface area contributed by atoms with E-state index in [0.29, 0.717) is 12.6 Å². The zero-order valence-electron chi connectivity index (χ0n) is 10.8. The molecule has 0 aliphatic heterocycles. The molecule has 19 heavy (non-hydrogen) atoms. The number of aliphatic hydroxyl groups excluding tert-OH is 1. The zero-order chi connectivity index (χ0) is 13.2. The minimum Gasteiger partial charge on any atom is -0.395 e. The minimum atomic E-state index is -0.0793. The third kappa shape index (κ3) is 2.28. The minimum absolute atomic E-state index is 0.0236. The van der Waals surface area contributed by atoms with E-state index in [0.717, 1.165) is 18.5 Å². The molecule has 0 spiro atoms. The van der Waals surface area contributed by atoms with E-state index in [1.54, 1.807) is 11.3 Å². The fourth-order valence-corrected chi connectivity index (χ4v) is 3.75. The number of hydrogen-bond acceptors (Lipinski definition) is 3. The third-order valence-corrected chi connectivity index (χ3v) is 4.63. The molecule has 1 saturated carbocycles. The molecule has 0 atom stereocenters. The van der Waals surface area contributed by atoms with Gasteiger partial charge in [0.25, 0.3) is 5.91 Å². The molecule has 5 heteroatoms. The van der Waals surface area contributed by atoms with Crippen LogP contribution in [0.2, 0.25) is 0 Å². The molecule has 2 N–H and O–H groups in total. The van der Waals surface area contributed by atoms with Crippen LogP contribution in [0.15, 0.2) is 17.5 Å². The van der Waals surface area contributed by atoms with Crippen LogP contribution in [-0.2, 0) is 0 Å². The van der Waals surface area contributed by atoms with Crippen LogP contribution in [0.3, 0.4) is 0 Å². The van der Waals surface area contributed by atoms with E-state index in [2.05, 4.69) is 21.3 Å². The Hall–Kier alpha value is -1.33. The average Bonchev–Trinajstić information content (AvgIpc) is 3.09. The molecular formula is C14H18N2O2S. The summed E-state index contributed by atoms with van der Waals surface area (Å²) in [4.78, 5) is 12.2. The summed E-state index contributed by atoms with van der Waals surface area (Å²) >= 11 is 1.67. The Balaban J connectivity index is 1.99. The molecule has 0 bridgehead atoms. The van der Waals surface area contributed by atoms with Crippen molar-refractivity contribution in [2.45, 2.75) is 31.7 Å².